The van der Waals surface area contributed by atoms with E-state index in [9.17, 15) is 10.1 Å². The maximum absolute atomic E-state index is 12.8. The first-order chi connectivity index (χ1) is 17.7. The summed E-state index contributed by atoms with van der Waals surface area (Å²) in [6, 6.07) is 10.5. The van der Waals surface area contributed by atoms with E-state index in [1.54, 1.807) is 11.3 Å². The van der Waals surface area contributed by atoms with Gasteiger partial charge >= 0.3 is 0 Å². The van der Waals surface area contributed by atoms with Crippen LogP contribution in [0, 0.1) is 11.3 Å². The SMILES string of the molecule is CC(Oc1ccc(C(C)(C)C)cc1)c1nnc(SCC(=O)Nc2sc3c(c2C#N)CCCCCC3)n1C. The van der Waals surface area contributed by atoms with Crippen LogP contribution in [0.15, 0.2) is 29.4 Å². The molecule has 1 aliphatic rings. The van der Waals surface area contributed by atoms with Crippen molar-refractivity contribution in [2.45, 2.75) is 82.9 Å². The maximum atomic E-state index is 12.8. The number of thioether (sulfide) groups is 1. The van der Waals surface area contributed by atoms with E-state index in [1.807, 2.05) is 30.7 Å². The van der Waals surface area contributed by atoms with Crippen molar-refractivity contribution in [1.29, 1.82) is 5.26 Å². The van der Waals surface area contributed by atoms with Crippen LogP contribution >= 0.6 is 23.1 Å². The van der Waals surface area contributed by atoms with Crippen molar-refractivity contribution in [1.82, 2.24) is 14.8 Å². The molecule has 4 rings (SSSR count). The molecule has 7 nitrogen and oxygen atoms in total. The first kappa shape index (κ1) is 27.2. The van der Waals surface area contributed by atoms with E-state index < -0.39 is 0 Å². The lowest BCUT2D eigenvalue weighted by Gasteiger charge is -2.20. The van der Waals surface area contributed by atoms with Gasteiger partial charge in [0.15, 0.2) is 17.1 Å². The standard InChI is InChI=1S/C28H35N5O2S2/c1-18(35-20-14-12-19(13-15-20)28(2,3)4)25-31-32-27(33(25)5)36-17-24(34)30-26-22(16-29)21-10-8-6-7-9-11-23(21)37-26/h12-15,18H,6-11,17H2,1-5H3,(H,30,34). The summed E-state index contributed by atoms with van der Waals surface area (Å²) < 4.78 is 7.97. The van der Waals surface area contributed by atoms with E-state index in [4.69, 9.17) is 4.74 Å². The Balaban J connectivity index is 1.36. The summed E-state index contributed by atoms with van der Waals surface area (Å²) in [5.41, 5.74) is 3.11. The molecular formula is C28H35N5O2S2. The molecule has 0 spiro atoms. The molecule has 0 aliphatic heterocycles. The summed E-state index contributed by atoms with van der Waals surface area (Å²) in [5.74, 6) is 1.50. The van der Waals surface area contributed by atoms with Crippen molar-refractivity contribution in [3.8, 4) is 11.8 Å². The van der Waals surface area contributed by atoms with E-state index in [-0.39, 0.29) is 23.2 Å². The first-order valence-electron chi connectivity index (χ1n) is 12.8. The van der Waals surface area contributed by atoms with Gasteiger partial charge in [0.2, 0.25) is 5.91 Å². The van der Waals surface area contributed by atoms with Crippen LogP contribution in [0.25, 0.3) is 0 Å². The quantitative estimate of drug-likeness (QED) is 0.342. The van der Waals surface area contributed by atoms with Crippen LogP contribution in [-0.2, 0) is 30.1 Å². The van der Waals surface area contributed by atoms with E-state index in [0.717, 1.165) is 37.0 Å². The molecule has 1 aliphatic carbocycles. The fourth-order valence-corrected chi connectivity index (χ4v) is 6.49. The molecule has 0 saturated carbocycles. The van der Waals surface area contributed by atoms with Crippen molar-refractivity contribution in [2.75, 3.05) is 11.1 Å². The molecule has 1 amide bonds. The zero-order valence-corrected chi connectivity index (χ0v) is 23.9. The van der Waals surface area contributed by atoms with Gasteiger partial charge in [0.05, 0.1) is 11.3 Å². The topological polar surface area (TPSA) is 92.8 Å². The number of rotatable bonds is 7. The summed E-state index contributed by atoms with van der Waals surface area (Å²) in [7, 11) is 1.88. The fourth-order valence-electron chi connectivity index (χ4n) is 4.51. The maximum Gasteiger partial charge on any atom is 0.235 e. The lowest BCUT2D eigenvalue weighted by Crippen LogP contribution is -2.15. The minimum Gasteiger partial charge on any atom is -0.483 e. The fraction of sp³-hybridized carbons (Fsp3) is 0.500. The Bertz CT molecular complexity index is 1280. The Kier molecular flexibility index (Phi) is 8.60. The number of ether oxygens (including phenoxy) is 1. The number of aromatic nitrogens is 3. The molecule has 1 atom stereocenters. The Labute approximate surface area is 227 Å². The van der Waals surface area contributed by atoms with Gasteiger partial charge in [-0.25, -0.2) is 0 Å². The van der Waals surface area contributed by atoms with Gasteiger partial charge < -0.3 is 14.6 Å². The van der Waals surface area contributed by atoms with Gasteiger partial charge in [-0.2, -0.15) is 5.26 Å². The number of benzene rings is 1. The lowest BCUT2D eigenvalue weighted by atomic mass is 9.87. The summed E-state index contributed by atoms with van der Waals surface area (Å²) in [6.45, 7) is 8.49. The number of carbonyl (C=O) groups is 1. The van der Waals surface area contributed by atoms with Gasteiger partial charge in [-0.3, -0.25) is 4.79 Å². The molecule has 9 heteroatoms. The second-order valence-electron chi connectivity index (χ2n) is 10.5. The van der Waals surface area contributed by atoms with Crippen molar-refractivity contribution < 1.29 is 9.53 Å². The third-order valence-electron chi connectivity index (χ3n) is 6.63. The molecule has 2 heterocycles. The Morgan fingerprint density at radius 2 is 1.89 bits per heavy atom. The van der Waals surface area contributed by atoms with E-state index >= 15 is 0 Å². The summed E-state index contributed by atoms with van der Waals surface area (Å²) in [5, 5.41) is 22.7. The smallest absolute Gasteiger partial charge is 0.235 e. The number of aryl methyl sites for hydroxylation is 1. The molecule has 2 aromatic heterocycles. The van der Waals surface area contributed by atoms with Gasteiger partial charge in [-0.1, -0.05) is 57.5 Å². The monoisotopic (exact) mass is 537 g/mol. The average molecular weight is 538 g/mol. The molecule has 0 radical (unpaired) electrons. The molecule has 1 aromatic carbocycles. The molecule has 1 N–H and O–H groups in total. The van der Waals surface area contributed by atoms with Gasteiger partial charge in [0, 0.05) is 11.9 Å². The highest BCUT2D eigenvalue weighted by Crippen LogP contribution is 2.37. The predicted octanol–water partition coefficient (Wildman–Crippen LogP) is 6.58. The van der Waals surface area contributed by atoms with Crippen LogP contribution < -0.4 is 10.1 Å². The average Bonchev–Trinajstić information content (AvgIpc) is 3.36. The highest BCUT2D eigenvalue weighted by molar-refractivity contribution is 7.99. The second kappa shape index (κ2) is 11.7. The molecule has 37 heavy (non-hydrogen) atoms. The predicted molar refractivity (Wildman–Crippen MR) is 149 cm³/mol. The van der Waals surface area contributed by atoms with Crippen molar-refractivity contribution >= 4 is 34.0 Å². The van der Waals surface area contributed by atoms with Gasteiger partial charge in [0.1, 0.15) is 16.8 Å². The molecule has 196 valence electrons. The Morgan fingerprint density at radius 1 is 1.19 bits per heavy atom. The van der Waals surface area contributed by atoms with Crippen LogP contribution in [0.5, 0.6) is 5.75 Å². The number of hydrogen-bond donors (Lipinski definition) is 1. The lowest BCUT2D eigenvalue weighted by molar-refractivity contribution is -0.113. The molecule has 1 unspecified atom stereocenters. The number of nitrogens with zero attached hydrogens (tertiary/aromatic N) is 4. The summed E-state index contributed by atoms with van der Waals surface area (Å²) in [4.78, 5) is 14.0. The summed E-state index contributed by atoms with van der Waals surface area (Å²) in [6.07, 6.45) is 6.27. The molecule has 0 fully saturated rings. The van der Waals surface area contributed by atoms with Crippen LogP contribution in [0.4, 0.5) is 5.00 Å². The third kappa shape index (κ3) is 6.55. The summed E-state index contributed by atoms with van der Waals surface area (Å²) >= 11 is 2.88. The number of amides is 1. The van der Waals surface area contributed by atoms with E-state index in [0.29, 0.717) is 21.5 Å². The van der Waals surface area contributed by atoms with Crippen LogP contribution in [0.2, 0.25) is 0 Å². The number of thiophene rings is 1. The number of fused-ring (bicyclic) bond motifs is 1. The number of carbonyl (C=O) groups excluding carboxylic acids is 1. The van der Waals surface area contributed by atoms with E-state index in [2.05, 4.69) is 54.5 Å². The second-order valence-corrected chi connectivity index (χ2v) is 12.6. The van der Waals surface area contributed by atoms with Gasteiger partial charge in [0.25, 0.3) is 0 Å². The van der Waals surface area contributed by atoms with Gasteiger partial charge in [-0.15, -0.1) is 21.5 Å². The van der Waals surface area contributed by atoms with Crippen molar-refractivity contribution in [2.24, 2.45) is 7.05 Å². The highest BCUT2D eigenvalue weighted by atomic mass is 32.2. The number of hydrogen-bond acceptors (Lipinski definition) is 7. The number of nitriles is 1. The first-order valence-corrected chi connectivity index (χ1v) is 14.6. The minimum atomic E-state index is -0.301. The van der Waals surface area contributed by atoms with Crippen molar-refractivity contribution in [3.05, 3.63) is 51.7 Å². The Morgan fingerprint density at radius 3 is 2.57 bits per heavy atom. The van der Waals surface area contributed by atoms with E-state index in [1.165, 1.54) is 35.0 Å². The van der Waals surface area contributed by atoms with Crippen molar-refractivity contribution in [3.63, 3.8) is 0 Å². The number of nitrogens with one attached hydrogen (secondary N) is 1. The van der Waals surface area contributed by atoms with Gasteiger partial charge in [-0.05, 0) is 61.3 Å². The molecular weight excluding hydrogens is 502 g/mol. The third-order valence-corrected chi connectivity index (χ3v) is 8.86. The largest absolute Gasteiger partial charge is 0.483 e. The zero-order chi connectivity index (χ0) is 26.6. The molecule has 0 saturated heterocycles. The van der Waals surface area contributed by atoms with Crippen LogP contribution in [0.1, 0.15) is 86.9 Å². The molecule has 0 bridgehead atoms. The minimum absolute atomic E-state index is 0.0872. The zero-order valence-electron chi connectivity index (χ0n) is 22.3. The normalized spacial score (nSPS) is 14.7. The number of anilines is 1. The Hall–Kier alpha value is -2.83. The highest BCUT2D eigenvalue weighted by Gasteiger charge is 2.22. The van der Waals surface area contributed by atoms with Crippen LogP contribution in [0.3, 0.4) is 0 Å². The molecule has 3 aromatic rings. The van der Waals surface area contributed by atoms with Crippen LogP contribution in [-0.4, -0.2) is 26.4 Å².